The molecular formula is C17H26ClN. The predicted octanol–water partition coefficient (Wildman–Crippen LogP) is 5.10. The van der Waals surface area contributed by atoms with E-state index in [1.807, 2.05) is 6.92 Å². The van der Waals surface area contributed by atoms with E-state index in [1.54, 1.807) is 0 Å². The third-order valence-electron chi connectivity index (χ3n) is 4.47. The van der Waals surface area contributed by atoms with Gasteiger partial charge in [0.25, 0.3) is 0 Å². The molecule has 0 aliphatic heterocycles. The van der Waals surface area contributed by atoms with E-state index in [-0.39, 0.29) is 0 Å². The number of nitrogens with one attached hydrogen (secondary N) is 1. The lowest BCUT2D eigenvalue weighted by Crippen LogP contribution is -2.32. The number of benzene rings is 1. The van der Waals surface area contributed by atoms with Crippen LogP contribution >= 0.6 is 11.6 Å². The zero-order chi connectivity index (χ0) is 13.7. The van der Waals surface area contributed by atoms with Crippen LogP contribution in [0, 0.1) is 12.8 Å². The summed E-state index contributed by atoms with van der Waals surface area (Å²) < 4.78 is 0. The second-order valence-corrected chi connectivity index (χ2v) is 6.41. The van der Waals surface area contributed by atoms with E-state index in [1.165, 1.54) is 44.1 Å². The first-order chi connectivity index (χ1) is 9.16. The lowest BCUT2D eigenvalue weighted by atomic mass is 9.93. The van der Waals surface area contributed by atoms with Crippen molar-refractivity contribution in [3.8, 4) is 0 Å². The molecule has 1 saturated carbocycles. The SMILES string of the molecule is Cc1ccc(CN[C@@H](C)C2CCCCCC2)cc1Cl. The van der Waals surface area contributed by atoms with E-state index in [9.17, 15) is 0 Å². The van der Waals surface area contributed by atoms with Gasteiger partial charge in [-0.05, 0) is 49.8 Å². The topological polar surface area (TPSA) is 12.0 Å². The van der Waals surface area contributed by atoms with E-state index in [4.69, 9.17) is 11.6 Å². The largest absolute Gasteiger partial charge is 0.310 e. The van der Waals surface area contributed by atoms with Crippen molar-refractivity contribution in [3.63, 3.8) is 0 Å². The van der Waals surface area contributed by atoms with Gasteiger partial charge in [-0.1, -0.05) is 49.4 Å². The van der Waals surface area contributed by atoms with E-state index < -0.39 is 0 Å². The normalized spacial score (nSPS) is 19.1. The molecule has 19 heavy (non-hydrogen) atoms. The second kappa shape index (κ2) is 7.31. The number of hydrogen-bond donors (Lipinski definition) is 1. The van der Waals surface area contributed by atoms with Crippen molar-refractivity contribution in [1.29, 1.82) is 0 Å². The van der Waals surface area contributed by atoms with Crippen molar-refractivity contribution in [2.24, 2.45) is 5.92 Å². The quantitative estimate of drug-likeness (QED) is 0.757. The molecule has 106 valence electrons. The van der Waals surface area contributed by atoms with E-state index in [0.717, 1.165) is 23.0 Å². The van der Waals surface area contributed by atoms with E-state index >= 15 is 0 Å². The fourth-order valence-electron chi connectivity index (χ4n) is 3.00. The van der Waals surface area contributed by atoms with Gasteiger partial charge in [0.1, 0.15) is 0 Å². The molecule has 1 aromatic rings. The average molecular weight is 280 g/mol. The molecule has 1 aliphatic rings. The molecule has 0 amide bonds. The van der Waals surface area contributed by atoms with Gasteiger partial charge in [-0.15, -0.1) is 0 Å². The Morgan fingerprint density at radius 1 is 1.21 bits per heavy atom. The Labute approximate surface area is 122 Å². The lowest BCUT2D eigenvalue weighted by molar-refractivity contribution is 0.336. The van der Waals surface area contributed by atoms with Crippen molar-refractivity contribution in [1.82, 2.24) is 5.32 Å². The first kappa shape index (κ1) is 14.9. The Balaban J connectivity index is 1.84. The monoisotopic (exact) mass is 279 g/mol. The summed E-state index contributed by atoms with van der Waals surface area (Å²) in [6.07, 6.45) is 8.46. The van der Waals surface area contributed by atoms with Gasteiger partial charge in [-0.3, -0.25) is 0 Å². The molecule has 1 fully saturated rings. The van der Waals surface area contributed by atoms with Crippen LogP contribution in [0.3, 0.4) is 0 Å². The number of rotatable bonds is 4. The molecule has 0 bridgehead atoms. The molecule has 0 radical (unpaired) electrons. The minimum atomic E-state index is 0.609. The van der Waals surface area contributed by atoms with Gasteiger partial charge in [-0.2, -0.15) is 0 Å². The summed E-state index contributed by atoms with van der Waals surface area (Å²) in [6, 6.07) is 6.98. The molecule has 0 unspecified atom stereocenters. The predicted molar refractivity (Wildman–Crippen MR) is 83.7 cm³/mol. The highest BCUT2D eigenvalue weighted by molar-refractivity contribution is 6.31. The highest BCUT2D eigenvalue weighted by Crippen LogP contribution is 2.25. The third kappa shape index (κ3) is 4.50. The fraction of sp³-hybridized carbons (Fsp3) is 0.647. The number of hydrogen-bond acceptors (Lipinski definition) is 1. The van der Waals surface area contributed by atoms with Crippen LogP contribution in [0.1, 0.15) is 56.6 Å². The van der Waals surface area contributed by atoms with E-state index in [0.29, 0.717) is 6.04 Å². The smallest absolute Gasteiger partial charge is 0.0438 e. The summed E-state index contributed by atoms with van der Waals surface area (Å²) in [6.45, 7) is 5.32. The summed E-state index contributed by atoms with van der Waals surface area (Å²) in [5.41, 5.74) is 2.44. The molecule has 1 nitrogen and oxygen atoms in total. The minimum absolute atomic E-state index is 0.609. The molecule has 1 aliphatic carbocycles. The summed E-state index contributed by atoms with van der Waals surface area (Å²) in [5.74, 6) is 0.850. The minimum Gasteiger partial charge on any atom is -0.310 e. The maximum atomic E-state index is 6.17. The zero-order valence-electron chi connectivity index (χ0n) is 12.2. The van der Waals surface area contributed by atoms with Crippen molar-refractivity contribution in [2.45, 2.75) is 65.0 Å². The van der Waals surface area contributed by atoms with Crippen LogP contribution in [-0.2, 0) is 6.54 Å². The Morgan fingerprint density at radius 2 is 1.89 bits per heavy atom. The molecule has 1 N–H and O–H groups in total. The molecule has 2 heteroatoms. The van der Waals surface area contributed by atoms with E-state index in [2.05, 4.69) is 30.4 Å². The Hall–Kier alpha value is -0.530. The highest BCUT2D eigenvalue weighted by Gasteiger charge is 2.18. The first-order valence-electron chi connectivity index (χ1n) is 7.65. The number of halogens is 1. The summed E-state index contributed by atoms with van der Waals surface area (Å²) in [7, 11) is 0. The van der Waals surface area contributed by atoms with Crippen LogP contribution in [-0.4, -0.2) is 6.04 Å². The maximum Gasteiger partial charge on any atom is 0.0438 e. The molecule has 0 saturated heterocycles. The van der Waals surface area contributed by atoms with Crippen LogP contribution < -0.4 is 5.32 Å². The molecular weight excluding hydrogens is 254 g/mol. The van der Waals surface area contributed by atoms with Crippen LogP contribution in [0.25, 0.3) is 0 Å². The van der Waals surface area contributed by atoms with Crippen LogP contribution in [0.5, 0.6) is 0 Å². The van der Waals surface area contributed by atoms with Gasteiger partial charge in [0.2, 0.25) is 0 Å². The summed E-state index contributed by atoms with van der Waals surface area (Å²) in [5, 5.41) is 4.56. The van der Waals surface area contributed by atoms with Gasteiger partial charge >= 0.3 is 0 Å². The van der Waals surface area contributed by atoms with Crippen LogP contribution in [0.4, 0.5) is 0 Å². The second-order valence-electron chi connectivity index (χ2n) is 6.00. The summed E-state index contributed by atoms with van der Waals surface area (Å²) >= 11 is 6.17. The number of aryl methyl sites for hydroxylation is 1. The Bertz CT molecular complexity index is 394. The molecule has 0 aromatic heterocycles. The Morgan fingerprint density at radius 3 is 2.53 bits per heavy atom. The van der Waals surface area contributed by atoms with Gasteiger partial charge in [0.05, 0.1) is 0 Å². The van der Waals surface area contributed by atoms with Crippen molar-refractivity contribution >= 4 is 11.6 Å². The first-order valence-corrected chi connectivity index (χ1v) is 8.03. The van der Waals surface area contributed by atoms with Crippen LogP contribution in [0.15, 0.2) is 18.2 Å². The van der Waals surface area contributed by atoms with Gasteiger partial charge in [0.15, 0.2) is 0 Å². The highest BCUT2D eigenvalue weighted by atomic mass is 35.5. The average Bonchev–Trinajstić information content (AvgIpc) is 2.69. The molecule has 1 atom stereocenters. The molecule has 2 rings (SSSR count). The maximum absolute atomic E-state index is 6.17. The van der Waals surface area contributed by atoms with Gasteiger partial charge in [0, 0.05) is 17.6 Å². The Kier molecular flexibility index (Phi) is 5.72. The van der Waals surface area contributed by atoms with Crippen molar-refractivity contribution in [2.75, 3.05) is 0 Å². The summed E-state index contributed by atoms with van der Waals surface area (Å²) in [4.78, 5) is 0. The molecule has 0 spiro atoms. The molecule has 1 aromatic carbocycles. The lowest BCUT2D eigenvalue weighted by Gasteiger charge is -2.23. The van der Waals surface area contributed by atoms with Gasteiger partial charge < -0.3 is 5.32 Å². The molecule has 0 heterocycles. The standard InChI is InChI=1S/C17H26ClN/c1-13-9-10-15(11-17(13)18)12-19-14(2)16-7-5-3-4-6-8-16/h9-11,14,16,19H,3-8,12H2,1-2H3/t14-/m0/s1. The van der Waals surface area contributed by atoms with Crippen molar-refractivity contribution in [3.05, 3.63) is 34.3 Å². The fourth-order valence-corrected chi connectivity index (χ4v) is 3.21. The van der Waals surface area contributed by atoms with Crippen molar-refractivity contribution < 1.29 is 0 Å². The zero-order valence-corrected chi connectivity index (χ0v) is 13.0. The third-order valence-corrected chi connectivity index (χ3v) is 4.88. The van der Waals surface area contributed by atoms with Crippen LogP contribution in [0.2, 0.25) is 5.02 Å². The van der Waals surface area contributed by atoms with Gasteiger partial charge in [-0.25, -0.2) is 0 Å².